The molecule has 1 aromatic carbocycles. The summed E-state index contributed by atoms with van der Waals surface area (Å²) in [5, 5.41) is -0.102. The zero-order valence-electron chi connectivity index (χ0n) is 10.6. The highest BCUT2D eigenvalue weighted by molar-refractivity contribution is 6.22. The van der Waals surface area contributed by atoms with E-state index in [4.69, 9.17) is 16.0 Å². The molecule has 0 spiro atoms. The molecule has 0 amide bonds. The third-order valence-electron chi connectivity index (χ3n) is 3.71. The molecule has 0 radical (unpaired) electrons. The molecule has 3 rings (SSSR count). The smallest absolute Gasteiger partial charge is 0.101 e. The Bertz CT molecular complexity index is 556. The fourth-order valence-electron chi connectivity index (χ4n) is 2.70. The van der Waals surface area contributed by atoms with Gasteiger partial charge in [-0.2, -0.15) is 0 Å². The summed E-state index contributed by atoms with van der Waals surface area (Å²) in [6.45, 7) is 1.94. The molecule has 1 aromatic heterocycles. The van der Waals surface area contributed by atoms with E-state index in [9.17, 15) is 0 Å². The molecule has 1 heterocycles. The molecule has 1 aliphatic carbocycles. The third kappa shape index (κ3) is 2.20. The van der Waals surface area contributed by atoms with Gasteiger partial charge in [0.15, 0.2) is 0 Å². The van der Waals surface area contributed by atoms with Crippen molar-refractivity contribution >= 4 is 11.6 Å². The predicted octanol–water partition coefficient (Wildman–Crippen LogP) is 4.80. The number of halogens is 1. The molecule has 0 saturated heterocycles. The summed E-state index contributed by atoms with van der Waals surface area (Å²) in [6, 6.07) is 8.68. The lowest BCUT2D eigenvalue weighted by molar-refractivity contribution is 0.532. The molecule has 0 N–H and O–H groups in total. The van der Waals surface area contributed by atoms with Gasteiger partial charge in [-0.15, -0.1) is 11.6 Å². The van der Waals surface area contributed by atoms with E-state index >= 15 is 0 Å². The van der Waals surface area contributed by atoms with Crippen LogP contribution in [-0.2, 0) is 12.8 Å². The summed E-state index contributed by atoms with van der Waals surface area (Å²) >= 11 is 6.53. The molecule has 0 saturated carbocycles. The first kappa shape index (κ1) is 11.9. The second-order valence-corrected chi connectivity index (χ2v) is 5.52. The minimum atomic E-state index is -0.102. The lowest BCUT2D eigenvalue weighted by Gasteiger charge is -2.18. The van der Waals surface area contributed by atoms with Gasteiger partial charge in [0.2, 0.25) is 0 Å². The highest BCUT2D eigenvalue weighted by atomic mass is 35.5. The van der Waals surface area contributed by atoms with E-state index in [1.807, 2.05) is 13.0 Å². The summed E-state index contributed by atoms with van der Waals surface area (Å²) in [5.41, 5.74) is 5.20. The second-order valence-electron chi connectivity index (χ2n) is 5.09. The van der Waals surface area contributed by atoms with Gasteiger partial charge in [0.05, 0.1) is 11.6 Å². The molecule has 18 heavy (non-hydrogen) atoms. The zero-order chi connectivity index (χ0) is 12.5. The van der Waals surface area contributed by atoms with Crippen LogP contribution >= 0.6 is 11.6 Å². The summed E-state index contributed by atoms with van der Waals surface area (Å²) in [4.78, 5) is 0. The van der Waals surface area contributed by atoms with Gasteiger partial charge >= 0.3 is 0 Å². The van der Waals surface area contributed by atoms with Crippen molar-refractivity contribution in [1.82, 2.24) is 0 Å². The highest BCUT2D eigenvalue weighted by Crippen LogP contribution is 2.32. The number of hydrogen-bond acceptors (Lipinski definition) is 1. The van der Waals surface area contributed by atoms with Crippen LogP contribution in [0.15, 0.2) is 34.9 Å². The molecule has 1 atom stereocenters. The number of rotatable bonds is 2. The molecule has 94 valence electrons. The Morgan fingerprint density at radius 1 is 1.06 bits per heavy atom. The Kier molecular flexibility index (Phi) is 3.17. The maximum Gasteiger partial charge on any atom is 0.101 e. The fourth-order valence-corrected chi connectivity index (χ4v) is 2.95. The summed E-state index contributed by atoms with van der Waals surface area (Å²) < 4.78 is 5.34. The molecule has 2 heteroatoms. The van der Waals surface area contributed by atoms with Crippen LogP contribution in [0.1, 0.15) is 46.2 Å². The number of alkyl halides is 1. The van der Waals surface area contributed by atoms with E-state index in [-0.39, 0.29) is 5.38 Å². The van der Waals surface area contributed by atoms with E-state index in [1.54, 1.807) is 6.26 Å². The number of fused-ring (bicyclic) bond motifs is 1. The summed E-state index contributed by atoms with van der Waals surface area (Å²) in [7, 11) is 0. The Morgan fingerprint density at radius 2 is 1.83 bits per heavy atom. The third-order valence-corrected chi connectivity index (χ3v) is 4.21. The number of furan rings is 1. The van der Waals surface area contributed by atoms with Crippen molar-refractivity contribution in [1.29, 1.82) is 0 Å². The zero-order valence-corrected chi connectivity index (χ0v) is 11.3. The van der Waals surface area contributed by atoms with Crippen molar-refractivity contribution in [3.8, 4) is 0 Å². The van der Waals surface area contributed by atoms with E-state index in [0.717, 1.165) is 11.3 Å². The average Bonchev–Trinajstić information content (AvgIpc) is 2.84. The van der Waals surface area contributed by atoms with Crippen LogP contribution < -0.4 is 0 Å². The Labute approximate surface area is 113 Å². The second kappa shape index (κ2) is 4.81. The largest absolute Gasteiger partial charge is 0.469 e. The minimum Gasteiger partial charge on any atom is -0.469 e. The van der Waals surface area contributed by atoms with Gasteiger partial charge in [-0.05, 0) is 55.4 Å². The van der Waals surface area contributed by atoms with E-state index in [0.29, 0.717) is 0 Å². The summed E-state index contributed by atoms with van der Waals surface area (Å²) in [6.07, 6.45) is 6.78. The van der Waals surface area contributed by atoms with Crippen LogP contribution in [0.2, 0.25) is 0 Å². The quantitative estimate of drug-likeness (QED) is 0.708. The highest BCUT2D eigenvalue weighted by Gasteiger charge is 2.16. The standard InChI is InChI=1S/C16H17ClO/c1-11-8-15(10-18-11)16(17)14-7-6-12-4-2-3-5-13(12)9-14/h6-10,16H,2-5H2,1H3. The molecule has 0 fully saturated rings. The first-order chi connectivity index (χ1) is 8.74. The van der Waals surface area contributed by atoms with Gasteiger partial charge in [-0.1, -0.05) is 18.2 Å². The van der Waals surface area contributed by atoms with Crippen molar-refractivity contribution in [2.75, 3.05) is 0 Å². The van der Waals surface area contributed by atoms with Gasteiger partial charge < -0.3 is 4.42 Å². The average molecular weight is 261 g/mol. The Hall–Kier alpha value is -1.21. The van der Waals surface area contributed by atoms with Crippen molar-refractivity contribution < 1.29 is 4.42 Å². The Balaban J connectivity index is 1.92. The van der Waals surface area contributed by atoms with Gasteiger partial charge in [0.1, 0.15) is 5.76 Å². The first-order valence-corrected chi connectivity index (χ1v) is 6.98. The van der Waals surface area contributed by atoms with E-state index in [1.165, 1.54) is 42.4 Å². The Morgan fingerprint density at radius 3 is 2.56 bits per heavy atom. The number of benzene rings is 1. The molecular formula is C16H17ClO. The van der Waals surface area contributed by atoms with Gasteiger partial charge in [-0.3, -0.25) is 0 Å². The topological polar surface area (TPSA) is 13.1 Å². The van der Waals surface area contributed by atoms with Crippen LogP contribution in [0.4, 0.5) is 0 Å². The van der Waals surface area contributed by atoms with Crippen LogP contribution in [0.5, 0.6) is 0 Å². The van der Waals surface area contributed by atoms with Crippen LogP contribution in [0.25, 0.3) is 0 Å². The maximum atomic E-state index is 6.53. The molecule has 1 aliphatic rings. The van der Waals surface area contributed by atoms with E-state index in [2.05, 4.69) is 18.2 Å². The number of aryl methyl sites for hydroxylation is 3. The fraction of sp³-hybridized carbons (Fsp3) is 0.375. The first-order valence-electron chi connectivity index (χ1n) is 6.55. The predicted molar refractivity (Wildman–Crippen MR) is 74.2 cm³/mol. The maximum absolute atomic E-state index is 6.53. The lowest BCUT2D eigenvalue weighted by Crippen LogP contribution is -2.04. The van der Waals surface area contributed by atoms with Crippen molar-refractivity contribution in [3.63, 3.8) is 0 Å². The van der Waals surface area contributed by atoms with Crippen LogP contribution in [0.3, 0.4) is 0 Å². The normalized spacial score (nSPS) is 16.3. The molecule has 0 bridgehead atoms. The SMILES string of the molecule is Cc1cc(C(Cl)c2ccc3c(c2)CCCC3)co1. The number of hydrogen-bond donors (Lipinski definition) is 0. The van der Waals surface area contributed by atoms with Crippen LogP contribution in [0, 0.1) is 6.92 Å². The van der Waals surface area contributed by atoms with Crippen molar-refractivity contribution in [2.45, 2.75) is 38.0 Å². The van der Waals surface area contributed by atoms with Gasteiger partial charge in [-0.25, -0.2) is 0 Å². The molecule has 1 unspecified atom stereocenters. The molecular weight excluding hydrogens is 244 g/mol. The molecule has 1 nitrogen and oxygen atoms in total. The van der Waals surface area contributed by atoms with Crippen molar-refractivity contribution in [2.24, 2.45) is 0 Å². The van der Waals surface area contributed by atoms with Crippen molar-refractivity contribution in [3.05, 3.63) is 58.5 Å². The van der Waals surface area contributed by atoms with Gasteiger partial charge in [0, 0.05) is 5.56 Å². The lowest BCUT2D eigenvalue weighted by atomic mass is 9.89. The van der Waals surface area contributed by atoms with Crippen LogP contribution in [-0.4, -0.2) is 0 Å². The van der Waals surface area contributed by atoms with Gasteiger partial charge in [0.25, 0.3) is 0 Å². The minimum absolute atomic E-state index is 0.102. The monoisotopic (exact) mass is 260 g/mol. The summed E-state index contributed by atoms with van der Waals surface area (Å²) in [5.74, 6) is 0.911. The molecule has 2 aromatic rings. The molecule has 0 aliphatic heterocycles. The van der Waals surface area contributed by atoms with E-state index < -0.39 is 0 Å².